The third-order valence-corrected chi connectivity index (χ3v) is 15.9. The van der Waals surface area contributed by atoms with Crippen LogP contribution in [0.15, 0.2) is 0 Å². The number of rotatable bonds is 13. The van der Waals surface area contributed by atoms with Gasteiger partial charge in [-0.1, -0.05) is 58.3 Å². The first kappa shape index (κ1) is 26.5. The molecule has 144 valence electrons. The number of hydrogen-bond donors (Lipinski definition) is 0. The van der Waals surface area contributed by atoms with Crippen LogP contribution in [0.25, 0.3) is 0 Å². The Kier molecular flexibility index (Phi) is 20.0. The summed E-state index contributed by atoms with van der Waals surface area (Å²) in [7, 11) is 0. The Hall–Kier alpha value is 0.269. The standard InChI is InChI=1S/C12H24O2.3C3H7.Sn/c1-2-3-4-5-6-7-8-9-10-11-12(13)14;3*1-3-2;/h2-11H2,1H3,(H,13,14);3*3H,1-2H3;/q;;;;+1/p-1. The Labute approximate surface area is 159 Å². The van der Waals surface area contributed by atoms with Crippen LogP contribution in [0.4, 0.5) is 0 Å². The molecule has 0 aliphatic carbocycles. The van der Waals surface area contributed by atoms with Crippen LogP contribution in [0.5, 0.6) is 0 Å². The van der Waals surface area contributed by atoms with Gasteiger partial charge in [-0.15, -0.1) is 0 Å². The number of carbonyl (C=O) groups is 1. The van der Waals surface area contributed by atoms with Crippen LogP contribution in [-0.2, 0) is 4.79 Å². The van der Waals surface area contributed by atoms with Crippen LogP contribution in [0.1, 0.15) is 113 Å². The summed E-state index contributed by atoms with van der Waals surface area (Å²) in [4.78, 5) is 10.1. The maximum absolute atomic E-state index is 10.1. The summed E-state index contributed by atoms with van der Waals surface area (Å²) in [6.07, 6.45) is 11.2. The average Bonchev–Trinajstić information content (AvgIpc) is 2.44. The third-order valence-electron chi connectivity index (χ3n) is 4.48. The molecule has 24 heavy (non-hydrogen) atoms. The van der Waals surface area contributed by atoms with Crippen LogP contribution in [0, 0.1) is 0 Å². The number of carboxylic acids is 1. The van der Waals surface area contributed by atoms with Gasteiger partial charge in [0.1, 0.15) is 0 Å². The molecule has 0 aliphatic heterocycles. The van der Waals surface area contributed by atoms with Crippen LogP contribution < -0.4 is 5.11 Å². The molecule has 0 saturated carbocycles. The van der Waals surface area contributed by atoms with E-state index in [0.29, 0.717) is 0 Å². The minimum atomic E-state index is -1.01. The predicted molar refractivity (Wildman–Crippen MR) is 108 cm³/mol. The Bertz CT molecular complexity index is 256. The Morgan fingerprint density at radius 1 is 0.708 bits per heavy atom. The van der Waals surface area contributed by atoms with E-state index in [4.69, 9.17) is 0 Å². The first-order valence-electron chi connectivity index (χ1n) is 10.3. The van der Waals surface area contributed by atoms with E-state index in [0.717, 1.165) is 24.6 Å². The molecule has 0 radical (unpaired) electrons. The molecule has 0 aliphatic rings. The second-order valence-corrected chi connectivity index (χ2v) is 20.7. The molecule has 0 rings (SSSR count). The third kappa shape index (κ3) is 18.6. The zero-order valence-electron chi connectivity index (χ0n) is 17.6. The fraction of sp³-hybridized carbons (Fsp3) is 0.952. The van der Waals surface area contributed by atoms with Crippen molar-refractivity contribution in [3.05, 3.63) is 0 Å². The number of carboxylic acid groups (broad SMARTS) is 1. The van der Waals surface area contributed by atoms with E-state index in [1.807, 2.05) is 0 Å². The number of carbonyl (C=O) groups excluding carboxylic acids is 1. The van der Waals surface area contributed by atoms with Crippen molar-refractivity contribution in [2.75, 3.05) is 0 Å². The Morgan fingerprint density at radius 2 is 1.04 bits per heavy atom. The molecule has 0 amide bonds. The average molecular weight is 447 g/mol. The fourth-order valence-electron chi connectivity index (χ4n) is 3.58. The van der Waals surface area contributed by atoms with E-state index >= 15 is 0 Å². The van der Waals surface area contributed by atoms with Crippen molar-refractivity contribution in [2.24, 2.45) is 0 Å². The van der Waals surface area contributed by atoms with Gasteiger partial charge in [0.25, 0.3) is 0 Å². The maximum atomic E-state index is 10.1. The molecule has 0 fully saturated rings. The van der Waals surface area contributed by atoms with E-state index in [-0.39, 0.29) is 6.42 Å². The van der Waals surface area contributed by atoms with Gasteiger partial charge < -0.3 is 9.90 Å². The van der Waals surface area contributed by atoms with Gasteiger partial charge >= 0.3 is 73.1 Å². The van der Waals surface area contributed by atoms with Crippen molar-refractivity contribution in [3.63, 3.8) is 0 Å². The molecule has 0 unspecified atom stereocenters. The van der Waals surface area contributed by atoms with E-state index < -0.39 is 25.7 Å². The molecule has 2 nitrogen and oxygen atoms in total. The summed E-state index contributed by atoms with van der Waals surface area (Å²) >= 11 is -1.01. The summed E-state index contributed by atoms with van der Waals surface area (Å²) in [5.74, 6) is -0.909. The van der Waals surface area contributed by atoms with E-state index in [1.54, 1.807) is 0 Å². The first-order valence-corrected chi connectivity index (χ1v) is 15.2. The molecule has 3 heteroatoms. The molecule has 0 heterocycles. The van der Waals surface area contributed by atoms with Crippen molar-refractivity contribution in [1.29, 1.82) is 0 Å². The molecule has 0 aromatic carbocycles. The van der Waals surface area contributed by atoms with Crippen molar-refractivity contribution < 1.29 is 9.90 Å². The molecular weight excluding hydrogens is 403 g/mol. The Balaban J connectivity index is 0. The van der Waals surface area contributed by atoms with Crippen molar-refractivity contribution >= 4 is 25.7 Å². The topological polar surface area (TPSA) is 40.1 Å². The van der Waals surface area contributed by atoms with Gasteiger partial charge in [-0.25, -0.2) is 0 Å². The van der Waals surface area contributed by atoms with Crippen molar-refractivity contribution in [1.82, 2.24) is 0 Å². The fourth-order valence-corrected chi connectivity index (χ4v) is 15.0. The first-order chi connectivity index (χ1) is 11.2. The SMILES string of the molecule is CCCCCCCCCCCC(=O)[O-].C[CH](C)[Sn+]([CH](C)C)[CH](C)C. The van der Waals surface area contributed by atoms with Gasteiger partial charge in [0.15, 0.2) is 0 Å². The molecule has 0 atom stereocenters. The van der Waals surface area contributed by atoms with E-state index in [1.165, 1.54) is 44.9 Å². The van der Waals surface area contributed by atoms with Crippen molar-refractivity contribution in [2.45, 2.75) is 124 Å². The number of aliphatic carboxylic acids is 1. The molecule has 0 spiro atoms. The summed E-state index contributed by atoms with van der Waals surface area (Å²) in [6.45, 7) is 16.7. The molecule has 0 N–H and O–H groups in total. The summed E-state index contributed by atoms with van der Waals surface area (Å²) in [6, 6.07) is 0. The summed E-state index contributed by atoms with van der Waals surface area (Å²) in [5.41, 5.74) is 0. The van der Waals surface area contributed by atoms with Crippen molar-refractivity contribution in [3.8, 4) is 0 Å². The quantitative estimate of drug-likeness (QED) is 0.243. The molecule has 0 saturated heterocycles. The van der Waals surface area contributed by atoms with Gasteiger partial charge in [0, 0.05) is 5.97 Å². The molecule has 0 aromatic heterocycles. The predicted octanol–water partition coefficient (Wildman–Crippen LogP) is 6.37. The second-order valence-electron chi connectivity index (χ2n) is 7.91. The zero-order chi connectivity index (χ0) is 19.0. The van der Waals surface area contributed by atoms with Crippen LogP contribution in [0.3, 0.4) is 0 Å². The van der Waals surface area contributed by atoms with Gasteiger partial charge in [-0.2, -0.15) is 0 Å². The molecule has 0 bridgehead atoms. The zero-order valence-corrected chi connectivity index (χ0v) is 20.5. The second kappa shape index (κ2) is 18.1. The normalized spacial score (nSPS) is 10.9. The van der Waals surface area contributed by atoms with Gasteiger partial charge in [-0.3, -0.25) is 0 Å². The van der Waals surface area contributed by atoms with Gasteiger partial charge in [0.2, 0.25) is 0 Å². The summed E-state index contributed by atoms with van der Waals surface area (Å²) < 4.78 is 3.09. The number of unbranched alkanes of at least 4 members (excludes halogenated alkanes) is 8. The number of hydrogen-bond acceptors (Lipinski definition) is 2. The van der Waals surface area contributed by atoms with Gasteiger partial charge in [0.05, 0.1) is 0 Å². The molecule has 0 aromatic rings. The van der Waals surface area contributed by atoms with Crippen LogP contribution in [-0.4, -0.2) is 25.7 Å². The Morgan fingerprint density at radius 3 is 1.29 bits per heavy atom. The summed E-state index contributed by atoms with van der Waals surface area (Å²) in [5, 5.41) is 10.1. The van der Waals surface area contributed by atoms with E-state index in [9.17, 15) is 9.90 Å². The van der Waals surface area contributed by atoms with Crippen LogP contribution >= 0.6 is 0 Å². The van der Waals surface area contributed by atoms with Crippen LogP contribution in [0.2, 0.25) is 11.8 Å². The minimum absolute atomic E-state index is 0.232. The van der Waals surface area contributed by atoms with E-state index in [2.05, 4.69) is 48.5 Å². The molecular formula is C21H44O2Sn. The monoisotopic (exact) mass is 448 g/mol. The van der Waals surface area contributed by atoms with Gasteiger partial charge in [-0.05, 0) is 12.8 Å².